The lowest BCUT2D eigenvalue weighted by Crippen LogP contribution is -2.66. The third-order valence-corrected chi connectivity index (χ3v) is 5.16. The monoisotopic (exact) mass is 310 g/mol. The molecule has 21 heavy (non-hydrogen) atoms. The van der Waals surface area contributed by atoms with Gasteiger partial charge in [0.1, 0.15) is 0 Å². The first-order valence-electron chi connectivity index (χ1n) is 7.53. The van der Waals surface area contributed by atoms with Gasteiger partial charge in [-0.1, -0.05) is 39.3 Å². The van der Waals surface area contributed by atoms with Gasteiger partial charge in [0.15, 0.2) is 10.8 Å². The largest absolute Gasteiger partial charge is 0.331 e. The Morgan fingerprint density at radius 3 is 2.19 bits per heavy atom. The van der Waals surface area contributed by atoms with Gasteiger partial charge in [0.25, 0.3) is 5.91 Å². The summed E-state index contributed by atoms with van der Waals surface area (Å²) in [4.78, 5) is 14.7. The van der Waals surface area contributed by atoms with Gasteiger partial charge in [0.2, 0.25) is 0 Å². The summed E-state index contributed by atoms with van der Waals surface area (Å²) < 4.78 is 0. The molecule has 0 unspecified atom stereocenters. The molecule has 116 valence electrons. The van der Waals surface area contributed by atoms with Crippen LogP contribution in [0.5, 0.6) is 0 Å². The van der Waals surface area contributed by atoms with Gasteiger partial charge in [0, 0.05) is 12.1 Å². The number of rotatable bonds is 1. The molecule has 0 aromatic carbocycles. The molecule has 0 atom stereocenters. The second-order valence-corrected chi connectivity index (χ2v) is 8.61. The molecule has 1 aliphatic carbocycles. The first-order chi connectivity index (χ1) is 9.64. The normalized spacial score (nSPS) is 25.7. The SMILES string of the molecule is CC1(C)CC(C)(C)CC2(CCN2C(=O)c2n[nH]nc2Cl)C1. The number of amides is 1. The Morgan fingerprint density at radius 2 is 1.76 bits per heavy atom. The minimum atomic E-state index is -0.0894. The van der Waals surface area contributed by atoms with Crippen LogP contribution in [0.1, 0.15) is 63.9 Å². The number of nitrogens with one attached hydrogen (secondary N) is 1. The fourth-order valence-corrected chi connectivity index (χ4v) is 5.13. The summed E-state index contributed by atoms with van der Waals surface area (Å²) in [5, 5.41) is 10.3. The number of halogens is 1. The lowest BCUT2D eigenvalue weighted by molar-refractivity contribution is -0.0891. The maximum Gasteiger partial charge on any atom is 0.278 e. The molecule has 2 fully saturated rings. The summed E-state index contributed by atoms with van der Waals surface area (Å²) in [5.74, 6) is -0.0894. The van der Waals surface area contributed by atoms with Crippen molar-refractivity contribution in [2.75, 3.05) is 6.54 Å². The van der Waals surface area contributed by atoms with E-state index in [0.29, 0.717) is 0 Å². The number of carbonyl (C=O) groups excluding carboxylic acids is 1. The molecule has 1 aliphatic heterocycles. The molecule has 1 saturated heterocycles. The number of likely N-dealkylation sites (tertiary alicyclic amines) is 1. The molecule has 5 nitrogen and oxygen atoms in total. The van der Waals surface area contributed by atoms with Gasteiger partial charge >= 0.3 is 0 Å². The predicted molar refractivity (Wildman–Crippen MR) is 81.2 cm³/mol. The van der Waals surface area contributed by atoms with Crippen molar-refractivity contribution >= 4 is 17.5 Å². The molecule has 2 heterocycles. The van der Waals surface area contributed by atoms with E-state index in [0.717, 1.165) is 25.8 Å². The minimum Gasteiger partial charge on any atom is -0.331 e. The quantitative estimate of drug-likeness (QED) is 0.866. The molecule has 1 aromatic heterocycles. The van der Waals surface area contributed by atoms with Gasteiger partial charge in [0.05, 0.1) is 0 Å². The van der Waals surface area contributed by atoms with E-state index in [-0.39, 0.29) is 33.1 Å². The van der Waals surface area contributed by atoms with Gasteiger partial charge in [-0.15, -0.1) is 10.2 Å². The van der Waals surface area contributed by atoms with E-state index < -0.39 is 0 Å². The molecule has 3 rings (SSSR count). The van der Waals surface area contributed by atoms with Crippen molar-refractivity contribution in [3.63, 3.8) is 0 Å². The Bertz CT molecular complexity index is 562. The topological polar surface area (TPSA) is 61.9 Å². The fourth-order valence-electron chi connectivity index (χ4n) is 4.97. The van der Waals surface area contributed by atoms with Crippen LogP contribution in [0.2, 0.25) is 5.15 Å². The van der Waals surface area contributed by atoms with Crippen molar-refractivity contribution in [1.29, 1.82) is 0 Å². The number of hydrogen-bond acceptors (Lipinski definition) is 3. The molecule has 6 heteroatoms. The average Bonchev–Trinajstić information content (AvgIpc) is 2.70. The minimum absolute atomic E-state index is 0.0371. The predicted octanol–water partition coefficient (Wildman–Crippen LogP) is 3.28. The highest BCUT2D eigenvalue weighted by Crippen LogP contribution is 2.56. The van der Waals surface area contributed by atoms with Crippen LogP contribution in [0.3, 0.4) is 0 Å². The number of H-pyrrole nitrogens is 1. The number of carbonyl (C=O) groups is 1. The second-order valence-electron chi connectivity index (χ2n) is 8.25. The Balaban J connectivity index is 1.89. The molecule has 0 bridgehead atoms. The highest BCUT2D eigenvalue weighted by molar-refractivity contribution is 6.32. The standard InChI is InChI=1S/C15H23ClN4O/c1-13(2)7-14(3,4)9-15(8-13)5-6-20(15)12(21)10-11(16)18-19-17-10/h5-9H2,1-4H3,(H,17,18,19). The van der Waals surface area contributed by atoms with Crippen LogP contribution in [0.25, 0.3) is 0 Å². The summed E-state index contributed by atoms with van der Waals surface area (Å²) in [7, 11) is 0. The lowest BCUT2D eigenvalue weighted by atomic mass is 9.55. The summed E-state index contributed by atoms with van der Waals surface area (Å²) in [5.41, 5.74) is 0.699. The van der Waals surface area contributed by atoms with E-state index in [9.17, 15) is 4.79 Å². The van der Waals surface area contributed by atoms with E-state index >= 15 is 0 Å². The third kappa shape index (κ3) is 2.45. The number of aromatic nitrogens is 3. The van der Waals surface area contributed by atoms with Crippen LogP contribution >= 0.6 is 11.6 Å². The zero-order valence-corrected chi connectivity index (χ0v) is 13.9. The molecular formula is C15H23ClN4O. The van der Waals surface area contributed by atoms with Crippen molar-refractivity contribution < 1.29 is 4.79 Å². The third-order valence-electron chi connectivity index (χ3n) is 4.90. The maximum absolute atomic E-state index is 12.7. The summed E-state index contributed by atoms with van der Waals surface area (Å²) in [6, 6.07) is 0. The van der Waals surface area contributed by atoms with Crippen molar-refractivity contribution in [3.8, 4) is 0 Å². The van der Waals surface area contributed by atoms with E-state index in [1.54, 1.807) is 0 Å². The van der Waals surface area contributed by atoms with Crippen LogP contribution in [-0.2, 0) is 0 Å². The zero-order chi connectivity index (χ0) is 15.5. The second kappa shape index (κ2) is 4.45. The number of nitrogens with zero attached hydrogens (tertiary/aromatic N) is 3. The van der Waals surface area contributed by atoms with E-state index in [1.165, 1.54) is 6.42 Å². The Kier molecular flexibility index (Phi) is 3.14. The lowest BCUT2D eigenvalue weighted by Gasteiger charge is -2.62. The molecule has 1 N–H and O–H groups in total. The van der Waals surface area contributed by atoms with Gasteiger partial charge in [-0.3, -0.25) is 4.79 Å². The van der Waals surface area contributed by atoms with Crippen molar-refractivity contribution in [2.24, 2.45) is 10.8 Å². The van der Waals surface area contributed by atoms with Crippen molar-refractivity contribution in [1.82, 2.24) is 20.3 Å². The van der Waals surface area contributed by atoms with Crippen molar-refractivity contribution in [3.05, 3.63) is 10.8 Å². The molecule has 1 aromatic rings. The summed E-state index contributed by atoms with van der Waals surface area (Å²) in [6.45, 7) is 10.0. The summed E-state index contributed by atoms with van der Waals surface area (Å²) >= 11 is 5.95. The van der Waals surface area contributed by atoms with Gasteiger partial charge in [-0.05, 0) is 36.5 Å². The van der Waals surface area contributed by atoms with E-state index in [2.05, 4.69) is 43.1 Å². The highest BCUT2D eigenvalue weighted by atomic mass is 35.5. The molecule has 1 amide bonds. The molecule has 1 saturated carbocycles. The number of hydrogen-bond donors (Lipinski definition) is 1. The molecule has 2 aliphatic rings. The fraction of sp³-hybridized carbons (Fsp3) is 0.800. The van der Waals surface area contributed by atoms with Crippen LogP contribution in [0.4, 0.5) is 0 Å². The van der Waals surface area contributed by atoms with Crippen LogP contribution in [0, 0.1) is 10.8 Å². The van der Waals surface area contributed by atoms with Crippen molar-refractivity contribution in [2.45, 2.75) is 58.9 Å². The van der Waals surface area contributed by atoms with E-state index in [1.807, 2.05) is 4.90 Å². The summed E-state index contributed by atoms with van der Waals surface area (Å²) in [6.07, 6.45) is 4.35. The Hall–Kier alpha value is -1.10. The zero-order valence-electron chi connectivity index (χ0n) is 13.2. The first kappa shape index (κ1) is 14.8. The smallest absolute Gasteiger partial charge is 0.278 e. The maximum atomic E-state index is 12.7. The van der Waals surface area contributed by atoms with Crippen LogP contribution in [0.15, 0.2) is 0 Å². The molecule has 1 spiro atoms. The Morgan fingerprint density at radius 1 is 1.14 bits per heavy atom. The van der Waals surface area contributed by atoms with Gasteiger partial charge in [-0.2, -0.15) is 5.21 Å². The van der Waals surface area contributed by atoms with Crippen LogP contribution < -0.4 is 0 Å². The van der Waals surface area contributed by atoms with Crippen LogP contribution in [-0.4, -0.2) is 38.3 Å². The molecule has 0 radical (unpaired) electrons. The molecular weight excluding hydrogens is 288 g/mol. The Labute approximate surface area is 130 Å². The number of aromatic amines is 1. The first-order valence-corrected chi connectivity index (χ1v) is 7.90. The highest BCUT2D eigenvalue weighted by Gasteiger charge is 2.56. The van der Waals surface area contributed by atoms with Gasteiger partial charge < -0.3 is 4.90 Å². The average molecular weight is 311 g/mol. The van der Waals surface area contributed by atoms with Gasteiger partial charge in [-0.25, -0.2) is 0 Å². The van der Waals surface area contributed by atoms with E-state index in [4.69, 9.17) is 11.6 Å².